The van der Waals surface area contributed by atoms with Crippen molar-refractivity contribution in [1.82, 2.24) is 0 Å². The first-order chi connectivity index (χ1) is 8.59. The third-order valence-corrected chi connectivity index (χ3v) is 3.73. The fourth-order valence-corrected chi connectivity index (χ4v) is 2.36. The van der Waals surface area contributed by atoms with E-state index in [2.05, 4.69) is 5.32 Å². The predicted molar refractivity (Wildman–Crippen MR) is 69.2 cm³/mol. The molecule has 5 nitrogen and oxygen atoms in total. The van der Waals surface area contributed by atoms with Gasteiger partial charge in [0.2, 0.25) is 10.0 Å². The lowest BCUT2D eigenvalue weighted by atomic mass is 10.3. The van der Waals surface area contributed by atoms with Crippen molar-refractivity contribution in [1.29, 1.82) is 0 Å². The van der Waals surface area contributed by atoms with E-state index in [1.165, 1.54) is 18.2 Å². The molecule has 0 radical (unpaired) electrons. The van der Waals surface area contributed by atoms with Gasteiger partial charge in [-0.15, -0.1) is 0 Å². The first kappa shape index (κ1) is 15.9. The Kier molecular flexibility index (Phi) is 4.93. The molecule has 108 valence electrons. The molecule has 0 aliphatic heterocycles. The molecular formula is C9H12F3N3O2S2. The molecule has 0 heterocycles. The predicted octanol–water partition coefficient (Wildman–Crippen LogP) is 1.58. The van der Waals surface area contributed by atoms with Crippen molar-refractivity contribution in [3.8, 4) is 0 Å². The summed E-state index contributed by atoms with van der Waals surface area (Å²) in [5, 5.41) is 7.62. The number of nitrogen functional groups attached to an aromatic ring is 1. The fourth-order valence-electron chi connectivity index (χ4n) is 1.28. The molecule has 0 atom stereocenters. The molecule has 10 heteroatoms. The number of hydrogen-bond acceptors (Lipinski definition) is 5. The lowest BCUT2D eigenvalue weighted by Gasteiger charge is -2.10. The van der Waals surface area contributed by atoms with Gasteiger partial charge >= 0.3 is 5.51 Å². The Hall–Kier alpha value is -1.13. The number of halogens is 3. The zero-order valence-electron chi connectivity index (χ0n) is 9.57. The van der Waals surface area contributed by atoms with Crippen molar-refractivity contribution < 1.29 is 21.6 Å². The quantitative estimate of drug-likeness (QED) is 0.566. The van der Waals surface area contributed by atoms with Crippen molar-refractivity contribution in [2.75, 3.05) is 23.3 Å². The van der Waals surface area contributed by atoms with Gasteiger partial charge in [0.25, 0.3) is 0 Å². The normalized spacial score (nSPS) is 12.4. The van der Waals surface area contributed by atoms with E-state index in [0.29, 0.717) is 5.69 Å². The van der Waals surface area contributed by atoms with Gasteiger partial charge < -0.3 is 11.1 Å². The maximum absolute atomic E-state index is 11.9. The van der Waals surface area contributed by atoms with Crippen LogP contribution in [-0.4, -0.2) is 26.2 Å². The molecule has 0 fully saturated rings. The highest BCUT2D eigenvalue weighted by Crippen LogP contribution is 2.29. The van der Waals surface area contributed by atoms with E-state index >= 15 is 0 Å². The standard InChI is InChI=1S/C9H12F3N3O2S2/c10-9(11,12)18-4-3-15-6-1-2-8(7(13)5-6)19(14,16)17/h1-2,5,15H,3-4,13H2,(H2,14,16,17). The third kappa shape index (κ3) is 5.57. The minimum absolute atomic E-state index is 0.0593. The average Bonchev–Trinajstić information content (AvgIpc) is 2.21. The van der Waals surface area contributed by atoms with Gasteiger partial charge in [-0.2, -0.15) is 13.2 Å². The molecule has 1 aromatic carbocycles. The van der Waals surface area contributed by atoms with Crippen molar-refractivity contribution in [2.24, 2.45) is 5.14 Å². The molecule has 1 aromatic rings. The highest BCUT2D eigenvalue weighted by molar-refractivity contribution is 8.00. The summed E-state index contributed by atoms with van der Waals surface area (Å²) in [4.78, 5) is -0.220. The molecule has 1 rings (SSSR count). The number of hydrogen-bond donors (Lipinski definition) is 3. The zero-order chi connectivity index (χ0) is 14.7. The molecule has 0 spiro atoms. The van der Waals surface area contributed by atoms with E-state index in [0.717, 1.165) is 0 Å². The van der Waals surface area contributed by atoms with Crippen LogP contribution in [-0.2, 0) is 10.0 Å². The molecule has 0 amide bonds. The van der Waals surface area contributed by atoms with Gasteiger partial charge in [-0.3, -0.25) is 0 Å². The van der Waals surface area contributed by atoms with Crippen LogP contribution in [0.1, 0.15) is 0 Å². The van der Waals surface area contributed by atoms with Crippen LogP contribution in [0.4, 0.5) is 24.5 Å². The van der Waals surface area contributed by atoms with Gasteiger partial charge in [-0.25, -0.2) is 13.6 Å². The van der Waals surface area contributed by atoms with Crippen molar-refractivity contribution in [3.63, 3.8) is 0 Å². The summed E-state index contributed by atoms with van der Waals surface area (Å²) in [7, 11) is -3.90. The summed E-state index contributed by atoms with van der Waals surface area (Å²) < 4.78 is 57.8. The van der Waals surface area contributed by atoms with Gasteiger partial charge in [-0.05, 0) is 30.0 Å². The minimum atomic E-state index is -4.27. The molecule has 5 N–H and O–H groups in total. The van der Waals surface area contributed by atoms with Gasteiger partial charge in [-0.1, -0.05) is 0 Å². The molecule has 0 aliphatic carbocycles. The zero-order valence-corrected chi connectivity index (χ0v) is 11.2. The largest absolute Gasteiger partial charge is 0.441 e. The molecule has 19 heavy (non-hydrogen) atoms. The summed E-state index contributed by atoms with van der Waals surface area (Å²) in [6.07, 6.45) is 0. The molecule has 0 unspecified atom stereocenters. The second kappa shape index (κ2) is 5.88. The van der Waals surface area contributed by atoms with Gasteiger partial charge in [0, 0.05) is 18.0 Å². The summed E-state index contributed by atoms with van der Waals surface area (Å²) in [5.74, 6) is -0.166. The Morgan fingerprint density at radius 3 is 2.42 bits per heavy atom. The van der Waals surface area contributed by atoms with Crippen LogP contribution in [0.25, 0.3) is 0 Å². The average molecular weight is 315 g/mol. The number of primary sulfonamides is 1. The maximum Gasteiger partial charge on any atom is 0.441 e. The van der Waals surface area contributed by atoms with Crippen LogP contribution in [0, 0.1) is 0 Å². The first-order valence-corrected chi connectivity index (χ1v) is 7.50. The van der Waals surface area contributed by atoms with Crippen molar-refractivity contribution in [3.05, 3.63) is 18.2 Å². The summed E-state index contributed by atoms with van der Waals surface area (Å²) >= 11 is -0.145. The highest BCUT2D eigenvalue weighted by Gasteiger charge is 2.27. The lowest BCUT2D eigenvalue weighted by Crippen LogP contribution is -2.15. The number of sulfonamides is 1. The molecule has 0 aliphatic rings. The van der Waals surface area contributed by atoms with Crippen molar-refractivity contribution in [2.45, 2.75) is 10.4 Å². The van der Waals surface area contributed by atoms with Crippen LogP contribution in [0.5, 0.6) is 0 Å². The Labute approximate surface area is 112 Å². The number of nitrogens with one attached hydrogen (secondary N) is 1. The minimum Gasteiger partial charge on any atom is -0.398 e. The SMILES string of the molecule is Nc1cc(NCCSC(F)(F)F)ccc1S(N)(=O)=O. The second-order valence-electron chi connectivity index (χ2n) is 3.52. The Morgan fingerprint density at radius 2 is 1.95 bits per heavy atom. The van der Waals surface area contributed by atoms with E-state index in [-0.39, 0.29) is 34.6 Å². The molecular weight excluding hydrogens is 303 g/mol. The number of benzene rings is 1. The molecule has 0 bridgehead atoms. The number of anilines is 2. The number of nitrogens with two attached hydrogens (primary N) is 2. The smallest absolute Gasteiger partial charge is 0.398 e. The van der Waals surface area contributed by atoms with Crippen molar-refractivity contribution >= 4 is 33.2 Å². The number of rotatable bonds is 5. The second-order valence-corrected chi connectivity index (χ2v) is 6.21. The molecule has 0 aromatic heterocycles. The summed E-state index contributed by atoms with van der Waals surface area (Å²) in [6, 6.07) is 3.89. The van der Waals surface area contributed by atoms with Crippen LogP contribution in [0.3, 0.4) is 0 Å². The van der Waals surface area contributed by atoms with E-state index in [9.17, 15) is 21.6 Å². The first-order valence-electron chi connectivity index (χ1n) is 4.96. The Balaban J connectivity index is 2.60. The Bertz CT molecular complexity index is 546. The van der Waals surface area contributed by atoms with Gasteiger partial charge in [0.15, 0.2) is 0 Å². The van der Waals surface area contributed by atoms with Gasteiger partial charge in [0.1, 0.15) is 4.90 Å². The summed E-state index contributed by atoms with van der Waals surface area (Å²) in [5.41, 5.74) is 1.60. The van der Waals surface area contributed by atoms with Crippen LogP contribution in [0.2, 0.25) is 0 Å². The number of thioether (sulfide) groups is 1. The van der Waals surface area contributed by atoms with E-state index in [4.69, 9.17) is 10.9 Å². The fraction of sp³-hybridized carbons (Fsp3) is 0.333. The molecule has 0 saturated heterocycles. The summed E-state index contributed by atoms with van der Waals surface area (Å²) in [6.45, 7) is 0.0678. The van der Waals surface area contributed by atoms with Crippen LogP contribution in [0.15, 0.2) is 23.1 Å². The van der Waals surface area contributed by atoms with E-state index in [1.807, 2.05) is 0 Å². The van der Waals surface area contributed by atoms with Gasteiger partial charge in [0.05, 0.1) is 5.69 Å². The van der Waals surface area contributed by atoms with E-state index in [1.54, 1.807) is 0 Å². The maximum atomic E-state index is 11.9. The Morgan fingerprint density at radius 1 is 1.32 bits per heavy atom. The van der Waals surface area contributed by atoms with Crippen LogP contribution < -0.4 is 16.2 Å². The number of alkyl halides is 3. The lowest BCUT2D eigenvalue weighted by molar-refractivity contribution is -0.0327. The molecule has 0 saturated carbocycles. The third-order valence-electron chi connectivity index (χ3n) is 2.01. The van der Waals surface area contributed by atoms with E-state index < -0.39 is 15.5 Å². The highest BCUT2D eigenvalue weighted by atomic mass is 32.2. The van der Waals surface area contributed by atoms with Crippen LogP contribution >= 0.6 is 11.8 Å². The monoisotopic (exact) mass is 315 g/mol. The topological polar surface area (TPSA) is 98.2 Å².